The number of aliphatic hydroxyl groups excluding tert-OH is 1. The van der Waals surface area contributed by atoms with Gasteiger partial charge in [0, 0.05) is 12.6 Å². The van der Waals surface area contributed by atoms with E-state index in [-0.39, 0.29) is 6.10 Å². The van der Waals surface area contributed by atoms with Crippen LogP contribution in [0, 0.1) is 5.92 Å². The zero-order chi connectivity index (χ0) is 8.15. The first-order valence-electron chi connectivity index (χ1n) is 3.95. The van der Waals surface area contributed by atoms with E-state index < -0.39 is 0 Å². The van der Waals surface area contributed by atoms with Gasteiger partial charge in [0.05, 0.1) is 6.10 Å². The highest BCUT2D eigenvalue weighted by Gasteiger charge is 2.07. The van der Waals surface area contributed by atoms with E-state index in [0.717, 1.165) is 0 Å². The second-order valence-electron chi connectivity index (χ2n) is 3.37. The van der Waals surface area contributed by atoms with Gasteiger partial charge in [-0.25, -0.2) is 0 Å². The minimum atomic E-state index is -0.206. The predicted octanol–water partition coefficient (Wildman–Crippen LogP) is 1.00. The average molecular weight is 145 g/mol. The Balaban J connectivity index is 3.30. The molecule has 10 heavy (non-hydrogen) atoms. The standard InChI is InChI=1S/C8H19NO/c1-6(2)8(10)5-9-7(3)4/h6-10H,5H2,1-4H3/t8-/m0/s1. The average Bonchev–Trinajstić information content (AvgIpc) is 1.82. The molecule has 0 aliphatic rings. The van der Waals surface area contributed by atoms with E-state index in [1.165, 1.54) is 0 Å². The Kier molecular flexibility index (Phi) is 4.65. The lowest BCUT2D eigenvalue weighted by molar-refractivity contribution is 0.121. The highest BCUT2D eigenvalue weighted by atomic mass is 16.3. The van der Waals surface area contributed by atoms with E-state index in [1.54, 1.807) is 0 Å². The minimum Gasteiger partial charge on any atom is -0.392 e. The molecule has 0 aliphatic heterocycles. The summed E-state index contributed by atoms with van der Waals surface area (Å²) in [6, 6.07) is 0.466. The molecule has 0 unspecified atom stereocenters. The van der Waals surface area contributed by atoms with Crippen molar-refractivity contribution in [3.8, 4) is 0 Å². The van der Waals surface area contributed by atoms with Crippen LogP contribution in [0.15, 0.2) is 0 Å². The van der Waals surface area contributed by atoms with Gasteiger partial charge in [-0.2, -0.15) is 0 Å². The summed E-state index contributed by atoms with van der Waals surface area (Å²) in [6.45, 7) is 8.90. The topological polar surface area (TPSA) is 32.3 Å². The van der Waals surface area contributed by atoms with E-state index >= 15 is 0 Å². The maximum Gasteiger partial charge on any atom is 0.0687 e. The molecule has 2 nitrogen and oxygen atoms in total. The molecule has 0 saturated carbocycles. The maximum absolute atomic E-state index is 9.31. The lowest BCUT2D eigenvalue weighted by Gasteiger charge is -2.16. The van der Waals surface area contributed by atoms with Crippen molar-refractivity contribution in [2.75, 3.05) is 6.54 Å². The van der Waals surface area contributed by atoms with Crippen LogP contribution < -0.4 is 5.32 Å². The number of hydrogen-bond acceptors (Lipinski definition) is 2. The second kappa shape index (κ2) is 4.69. The number of nitrogens with one attached hydrogen (secondary N) is 1. The van der Waals surface area contributed by atoms with Gasteiger partial charge in [0.25, 0.3) is 0 Å². The zero-order valence-electron chi connectivity index (χ0n) is 7.39. The zero-order valence-corrected chi connectivity index (χ0v) is 7.39. The minimum absolute atomic E-state index is 0.206. The van der Waals surface area contributed by atoms with Crippen molar-refractivity contribution in [2.24, 2.45) is 5.92 Å². The molecule has 0 amide bonds. The molecule has 0 saturated heterocycles. The van der Waals surface area contributed by atoms with Crippen LogP contribution in [0.5, 0.6) is 0 Å². The van der Waals surface area contributed by atoms with Crippen LogP contribution in [-0.2, 0) is 0 Å². The molecule has 0 fully saturated rings. The first-order chi connectivity index (χ1) is 4.54. The monoisotopic (exact) mass is 145 g/mol. The van der Waals surface area contributed by atoms with Crippen LogP contribution in [0.1, 0.15) is 27.7 Å². The van der Waals surface area contributed by atoms with Gasteiger partial charge in [0.2, 0.25) is 0 Å². The molecule has 1 atom stereocenters. The van der Waals surface area contributed by atoms with Crippen LogP contribution in [-0.4, -0.2) is 23.8 Å². The highest BCUT2D eigenvalue weighted by molar-refractivity contribution is 4.64. The van der Waals surface area contributed by atoms with Crippen LogP contribution in [0.2, 0.25) is 0 Å². The molecule has 0 rings (SSSR count). The molecule has 0 aliphatic carbocycles. The Morgan fingerprint density at radius 3 is 2.00 bits per heavy atom. The highest BCUT2D eigenvalue weighted by Crippen LogP contribution is 1.98. The lowest BCUT2D eigenvalue weighted by Crippen LogP contribution is -2.34. The van der Waals surface area contributed by atoms with Gasteiger partial charge >= 0.3 is 0 Å². The molecule has 0 spiro atoms. The molecule has 2 heteroatoms. The molecule has 0 bridgehead atoms. The van der Waals surface area contributed by atoms with Crippen LogP contribution >= 0.6 is 0 Å². The third-order valence-electron chi connectivity index (χ3n) is 1.50. The van der Waals surface area contributed by atoms with Gasteiger partial charge in [-0.15, -0.1) is 0 Å². The summed E-state index contributed by atoms with van der Waals surface area (Å²) in [5, 5.41) is 12.5. The Morgan fingerprint density at radius 1 is 1.20 bits per heavy atom. The Labute approximate surface area is 63.6 Å². The Hall–Kier alpha value is -0.0800. The summed E-state index contributed by atoms with van der Waals surface area (Å²) in [4.78, 5) is 0. The molecule has 0 radical (unpaired) electrons. The van der Waals surface area contributed by atoms with Crippen molar-refractivity contribution in [1.82, 2.24) is 5.32 Å². The lowest BCUT2D eigenvalue weighted by atomic mass is 10.1. The maximum atomic E-state index is 9.31. The Morgan fingerprint density at radius 2 is 1.70 bits per heavy atom. The normalized spacial score (nSPS) is 14.7. The molecule has 62 valence electrons. The first-order valence-corrected chi connectivity index (χ1v) is 3.95. The summed E-state index contributed by atoms with van der Waals surface area (Å²) in [5.74, 6) is 0.353. The van der Waals surface area contributed by atoms with Gasteiger partial charge in [0.1, 0.15) is 0 Å². The number of hydrogen-bond donors (Lipinski definition) is 2. The predicted molar refractivity (Wildman–Crippen MR) is 44.0 cm³/mol. The summed E-state index contributed by atoms with van der Waals surface area (Å²) in [7, 11) is 0. The third-order valence-corrected chi connectivity index (χ3v) is 1.50. The van der Waals surface area contributed by atoms with Gasteiger partial charge < -0.3 is 10.4 Å². The van der Waals surface area contributed by atoms with Crippen molar-refractivity contribution >= 4 is 0 Å². The molecular weight excluding hydrogens is 126 g/mol. The van der Waals surface area contributed by atoms with Gasteiger partial charge in [-0.3, -0.25) is 0 Å². The number of aliphatic hydroxyl groups is 1. The quantitative estimate of drug-likeness (QED) is 0.618. The number of rotatable bonds is 4. The van der Waals surface area contributed by atoms with Crippen LogP contribution in [0.4, 0.5) is 0 Å². The molecule has 0 aromatic carbocycles. The molecule has 2 N–H and O–H groups in total. The fourth-order valence-corrected chi connectivity index (χ4v) is 0.592. The smallest absolute Gasteiger partial charge is 0.0687 e. The summed E-state index contributed by atoms with van der Waals surface area (Å²) < 4.78 is 0. The second-order valence-corrected chi connectivity index (χ2v) is 3.37. The van der Waals surface area contributed by atoms with Gasteiger partial charge in [-0.05, 0) is 5.92 Å². The van der Waals surface area contributed by atoms with E-state index in [2.05, 4.69) is 19.2 Å². The largest absolute Gasteiger partial charge is 0.392 e. The third kappa shape index (κ3) is 4.77. The summed E-state index contributed by atoms with van der Waals surface area (Å²) in [5.41, 5.74) is 0. The first kappa shape index (κ1) is 9.92. The van der Waals surface area contributed by atoms with E-state index in [0.29, 0.717) is 18.5 Å². The van der Waals surface area contributed by atoms with Gasteiger partial charge in [-0.1, -0.05) is 27.7 Å². The molecular formula is C8H19NO. The molecule has 0 aromatic heterocycles. The molecule has 0 heterocycles. The van der Waals surface area contributed by atoms with Crippen LogP contribution in [0.25, 0.3) is 0 Å². The van der Waals surface area contributed by atoms with Crippen molar-refractivity contribution in [3.05, 3.63) is 0 Å². The van der Waals surface area contributed by atoms with Crippen molar-refractivity contribution < 1.29 is 5.11 Å². The van der Waals surface area contributed by atoms with E-state index in [4.69, 9.17) is 0 Å². The molecule has 0 aromatic rings. The SMILES string of the molecule is CC(C)NC[C@H](O)C(C)C. The van der Waals surface area contributed by atoms with Crippen molar-refractivity contribution in [2.45, 2.75) is 39.8 Å². The Bertz CT molecular complexity index is 81.3. The van der Waals surface area contributed by atoms with Crippen LogP contribution in [0.3, 0.4) is 0 Å². The summed E-state index contributed by atoms with van der Waals surface area (Å²) in [6.07, 6.45) is -0.206. The summed E-state index contributed by atoms with van der Waals surface area (Å²) >= 11 is 0. The fraction of sp³-hybridized carbons (Fsp3) is 1.00. The van der Waals surface area contributed by atoms with E-state index in [9.17, 15) is 5.11 Å². The van der Waals surface area contributed by atoms with Crippen molar-refractivity contribution in [1.29, 1.82) is 0 Å². The van der Waals surface area contributed by atoms with Crippen molar-refractivity contribution in [3.63, 3.8) is 0 Å². The fourth-order valence-electron chi connectivity index (χ4n) is 0.592. The van der Waals surface area contributed by atoms with Gasteiger partial charge in [0.15, 0.2) is 0 Å². The van der Waals surface area contributed by atoms with E-state index in [1.807, 2.05) is 13.8 Å².